The largest absolute Gasteiger partial charge is 0.544 e. The molecule has 3 fully saturated rings. The fourth-order valence-electron chi connectivity index (χ4n) is 8.55. The first-order valence-corrected chi connectivity index (χ1v) is 18.3. The van der Waals surface area contributed by atoms with Crippen LogP contribution >= 0.6 is 0 Å². The van der Waals surface area contributed by atoms with Gasteiger partial charge in [-0.05, 0) is 97.7 Å². The molecule has 5 heteroatoms. The minimum Gasteiger partial charge on any atom is -0.544 e. The lowest BCUT2D eigenvalue weighted by atomic mass is 9.47. The van der Waals surface area contributed by atoms with E-state index < -0.39 is 19.7 Å². The lowest BCUT2D eigenvalue weighted by Gasteiger charge is -2.58. The van der Waals surface area contributed by atoms with Gasteiger partial charge in [-0.15, -0.1) is 5.92 Å². The van der Waals surface area contributed by atoms with Crippen LogP contribution in [0.25, 0.3) is 0 Å². The molecule has 1 aromatic rings. The van der Waals surface area contributed by atoms with Crippen molar-refractivity contribution in [2.45, 2.75) is 102 Å². The Bertz CT molecular complexity index is 1250. The zero-order chi connectivity index (χ0) is 28.6. The van der Waals surface area contributed by atoms with Crippen LogP contribution in [0.5, 0.6) is 5.75 Å². The van der Waals surface area contributed by atoms with Gasteiger partial charge in [-0.3, -0.25) is 0 Å². The number of hydrogen-bond donors (Lipinski definition) is 1. The molecule has 40 heavy (non-hydrogen) atoms. The Kier molecular flexibility index (Phi) is 6.78. The fraction of sp³-hybridized carbons (Fsp3) is 0.657. The molecule has 7 atom stereocenters. The first kappa shape index (κ1) is 28.3. The molecule has 5 aliphatic rings. The molecule has 2 saturated carbocycles. The highest BCUT2D eigenvalue weighted by Gasteiger charge is 2.63. The van der Waals surface area contributed by atoms with Crippen LogP contribution in [0.2, 0.25) is 18.1 Å². The Morgan fingerprint density at radius 1 is 1.07 bits per heavy atom. The molecule has 0 unspecified atom stereocenters. The molecule has 216 valence electrons. The maximum absolute atomic E-state index is 11.9. The summed E-state index contributed by atoms with van der Waals surface area (Å²) in [4.78, 5) is 0. The average molecular weight is 561 g/mol. The maximum Gasteiger partial charge on any atom is 0.250 e. The summed E-state index contributed by atoms with van der Waals surface area (Å²) in [7, 11) is -1.92. The lowest BCUT2D eigenvalue weighted by Crippen LogP contribution is -2.55. The molecule has 0 amide bonds. The molecule has 0 radical (unpaired) electrons. The smallest absolute Gasteiger partial charge is 0.250 e. The van der Waals surface area contributed by atoms with Gasteiger partial charge in [0.1, 0.15) is 11.4 Å². The molecule has 4 nitrogen and oxygen atoms in total. The zero-order valence-electron chi connectivity index (χ0n) is 25.5. The van der Waals surface area contributed by atoms with Crippen molar-refractivity contribution in [3.05, 3.63) is 53.6 Å². The van der Waals surface area contributed by atoms with Gasteiger partial charge in [0.15, 0.2) is 5.79 Å². The average Bonchev–Trinajstić information content (AvgIpc) is 3.44. The zero-order valence-corrected chi connectivity index (χ0v) is 26.5. The normalized spacial score (nSPS) is 38.1. The second kappa shape index (κ2) is 9.59. The predicted octanol–water partition coefficient (Wildman–Crippen LogP) is 7.61. The SMILES string of the molecule is CC#C[C@]1(O)C=C[C@H]2[C@@H]3CC=C4CC5(CC[C@@H]4[C@H]3[C@@H](c3ccc(O[Si](C)(C)C(C)(C)C)cc3)C[C@@]21C)OCCO5. The van der Waals surface area contributed by atoms with Gasteiger partial charge < -0.3 is 19.0 Å². The van der Waals surface area contributed by atoms with E-state index in [-0.39, 0.29) is 10.5 Å². The standard InChI is InChI=1S/C35H48O4Si/c1-8-17-34(36)18-16-30-28-14-11-25-22-35(37-20-21-38-35)19-15-27(25)31(28)29(23-33(30,34)5)24-9-12-26(13-10-24)39-40(6,7)32(2,3)4/h9-13,16,18,27-31,36H,14-15,19-23H2,1-7H3/t27-,28-,29+,30-,31+,33-,34-/m0/s1. The highest BCUT2D eigenvalue weighted by Crippen LogP contribution is 2.66. The minimum atomic E-state index is -1.92. The molecule has 1 heterocycles. The van der Waals surface area contributed by atoms with Gasteiger partial charge in [-0.25, -0.2) is 0 Å². The second-order valence-corrected chi connectivity index (χ2v) is 19.6. The van der Waals surface area contributed by atoms with Gasteiger partial charge in [0, 0.05) is 18.3 Å². The summed E-state index contributed by atoms with van der Waals surface area (Å²) in [6.07, 6.45) is 11.7. The lowest BCUT2D eigenvalue weighted by molar-refractivity contribution is -0.177. The van der Waals surface area contributed by atoms with Crippen molar-refractivity contribution in [3.8, 4) is 17.6 Å². The summed E-state index contributed by atoms with van der Waals surface area (Å²) >= 11 is 0. The minimum absolute atomic E-state index is 0.155. The van der Waals surface area contributed by atoms with E-state index in [9.17, 15) is 5.11 Å². The summed E-state index contributed by atoms with van der Waals surface area (Å²) in [6.45, 7) is 17.0. The molecule has 1 spiro atoms. The highest BCUT2D eigenvalue weighted by molar-refractivity contribution is 6.74. The molecule has 1 N–H and O–H groups in total. The Labute approximate surface area is 242 Å². The van der Waals surface area contributed by atoms with Crippen LogP contribution in [0.3, 0.4) is 0 Å². The van der Waals surface area contributed by atoms with Crippen molar-refractivity contribution < 1.29 is 19.0 Å². The molecule has 4 aliphatic carbocycles. The number of aliphatic hydroxyl groups is 1. The number of hydrogen-bond acceptors (Lipinski definition) is 4. The van der Waals surface area contributed by atoms with Crippen molar-refractivity contribution in [1.82, 2.24) is 0 Å². The summed E-state index contributed by atoms with van der Waals surface area (Å²) in [5.41, 5.74) is 1.49. The van der Waals surface area contributed by atoms with E-state index in [0.717, 1.165) is 37.9 Å². The van der Waals surface area contributed by atoms with Crippen LogP contribution in [0.1, 0.15) is 78.2 Å². The van der Waals surface area contributed by atoms with E-state index in [2.05, 4.69) is 89.0 Å². The molecule has 1 saturated heterocycles. The topological polar surface area (TPSA) is 47.9 Å². The number of allylic oxidation sites excluding steroid dienone is 2. The molecule has 0 bridgehead atoms. The Balaban J connectivity index is 1.36. The van der Waals surface area contributed by atoms with Gasteiger partial charge >= 0.3 is 0 Å². The monoisotopic (exact) mass is 560 g/mol. The molecule has 0 aromatic heterocycles. The summed E-state index contributed by atoms with van der Waals surface area (Å²) in [6, 6.07) is 9.01. The third kappa shape index (κ3) is 4.37. The van der Waals surface area contributed by atoms with Crippen LogP contribution in [0.15, 0.2) is 48.1 Å². The van der Waals surface area contributed by atoms with E-state index >= 15 is 0 Å². The van der Waals surface area contributed by atoms with Gasteiger partial charge in [-0.1, -0.05) is 63.5 Å². The number of benzene rings is 1. The molecule has 1 aliphatic heterocycles. The quantitative estimate of drug-likeness (QED) is 0.235. The van der Waals surface area contributed by atoms with Crippen molar-refractivity contribution >= 4 is 8.32 Å². The van der Waals surface area contributed by atoms with Crippen molar-refractivity contribution in [2.24, 2.45) is 29.1 Å². The first-order valence-electron chi connectivity index (χ1n) is 15.4. The number of rotatable bonds is 3. The first-order chi connectivity index (χ1) is 18.8. The van der Waals surface area contributed by atoms with Crippen molar-refractivity contribution in [2.75, 3.05) is 13.2 Å². The van der Waals surface area contributed by atoms with Gasteiger partial charge in [0.2, 0.25) is 8.32 Å². The Morgan fingerprint density at radius 3 is 2.42 bits per heavy atom. The molecule has 6 rings (SSSR count). The molecular formula is C35H48O4Si. The number of fused-ring (bicyclic) bond motifs is 5. The van der Waals surface area contributed by atoms with Crippen LogP contribution < -0.4 is 4.43 Å². The Hall–Kier alpha value is -1.84. The maximum atomic E-state index is 11.9. The van der Waals surface area contributed by atoms with Crippen LogP contribution in [-0.4, -0.2) is 38.0 Å². The third-order valence-corrected chi connectivity index (χ3v) is 16.1. The van der Waals surface area contributed by atoms with Gasteiger partial charge in [-0.2, -0.15) is 0 Å². The summed E-state index contributed by atoms with van der Waals surface area (Å²) in [5.74, 6) is 9.01. The number of ether oxygens (including phenoxy) is 2. The van der Waals surface area contributed by atoms with Gasteiger partial charge in [0.05, 0.1) is 13.2 Å². The molecule has 1 aromatic carbocycles. The van der Waals surface area contributed by atoms with Gasteiger partial charge in [0.25, 0.3) is 0 Å². The third-order valence-electron chi connectivity index (χ3n) is 11.7. The summed E-state index contributed by atoms with van der Waals surface area (Å²) in [5, 5.41) is 12.1. The van der Waals surface area contributed by atoms with E-state index in [4.69, 9.17) is 13.9 Å². The van der Waals surface area contributed by atoms with E-state index in [0.29, 0.717) is 42.8 Å². The highest BCUT2D eigenvalue weighted by atomic mass is 28.4. The fourth-order valence-corrected chi connectivity index (χ4v) is 9.58. The van der Waals surface area contributed by atoms with Crippen molar-refractivity contribution in [1.29, 1.82) is 0 Å². The second-order valence-electron chi connectivity index (χ2n) is 14.9. The van der Waals surface area contributed by atoms with Crippen molar-refractivity contribution in [3.63, 3.8) is 0 Å². The van der Waals surface area contributed by atoms with E-state index in [1.807, 2.05) is 13.0 Å². The van der Waals surface area contributed by atoms with Crippen LogP contribution in [0, 0.1) is 40.9 Å². The van der Waals surface area contributed by atoms with E-state index in [1.54, 1.807) is 0 Å². The van der Waals surface area contributed by atoms with Crippen LogP contribution in [-0.2, 0) is 9.47 Å². The Morgan fingerprint density at radius 2 is 1.77 bits per heavy atom. The predicted molar refractivity (Wildman–Crippen MR) is 162 cm³/mol. The van der Waals surface area contributed by atoms with Crippen LogP contribution in [0.4, 0.5) is 0 Å². The molecular weight excluding hydrogens is 512 g/mol. The van der Waals surface area contributed by atoms with E-state index in [1.165, 1.54) is 11.1 Å². The summed E-state index contributed by atoms with van der Waals surface area (Å²) < 4.78 is 19.0.